The van der Waals surface area contributed by atoms with E-state index in [1.54, 1.807) is 12.5 Å². The number of Topliss-reactive ketones (excluding diaryl/α,β-unsaturated/α-hetero) is 1. The summed E-state index contributed by atoms with van der Waals surface area (Å²) in [6.07, 6.45) is 6.17. The Morgan fingerprint density at radius 2 is 2.29 bits per heavy atom. The SMILES string of the molecule is O=C1c2ccccc2CCC1Cc1cnc[nH]1.[HH]. The molecule has 3 heteroatoms. The number of aromatic nitrogens is 2. The fourth-order valence-corrected chi connectivity index (χ4v) is 2.52. The summed E-state index contributed by atoms with van der Waals surface area (Å²) < 4.78 is 0. The van der Waals surface area contributed by atoms with Crippen molar-refractivity contribution >= 4 is 5.78 Å². The largest absolute Gasteiger partial charge is 0.348 e. The molecule has 3 rings (SSSR count). The van der Waals surface area contributed by atoms with Gasteiger partial charge in [-0.3, -0.25) is 4.79 Å². The molecule has 0 amide bonds. The van der Waals surface area contributed by atoms with E-state index < -0.39 is 0 Å². The quantitative estimate of drug-likeness (QED) is 0.858. The molecule has 1 atom stereocenters. The molecule has 3 nitrogen and oxygen atoms in total. The molecule has 1 aromatic heterocycles. The highest BCUT2D eigenvalue weighted by Gasteiger charge is 2.27. The van der Waals surface area contributed by atoms with E-state index in [0.29, 0.717) is 0 Å². The summed E-state index contributed by atoms with van der Waals surface area (Å²) in [4.78, 5) is 19.4. The fraction of sp³-hybridized carbons (Fsp3) is 0.286. The molecule has 1 aromatic carbocycles. The molecule has 0 saturated heterocycles. The van der Waals surface area contributed by atoms with Crippen LogP contribution >= 0.6 is 0 Å². The number of imidazole rings is 1. The maximum absolute atomic E-state index is 12.3. The van der Waals surface area contributed by atoms with Crippen molar-refractivity contribution in [3.8, 4) is 0 Å². The molecule has 0 aliphatic heterocycles. The molecule has 1 aliphatic carbocycles. The van der Waals surface area contributed by atoms with Gasteiger partial charge in [0.05, 0.1) is 6.33 Å². The van der Waals surface area contributed by atoms with Gasteiger partial charge in [-0.05, 0) is 24.8 Å². The standard InChI is InChI=1S/C14H14N2O.H2/c17-14-11(7-12-8-15-9-16-12)6-5-10-3-1-2-4-13(10)14;/h1-4,8-9,11H,5-7H2,(H,15,16);1H. The van der Waals surface area contributed by atoms with Gasteiger partial charge < -0.3 is 4.98 Å². The van der Waals surface area contributed by atoms with Crippen LogP contribution in [0.2, 0.25) is 0 Å². The summed E-state index contributed by atoms with van der Waals surface area (Å²) in [6.45, 7) is 0. The zero-order valence-electron chi connectivity index (χ0n) is 9.52. The number of nitrogens with zero attached hydrogens (tertiary/aromatic N) is 1. The molecule has 17 heavy (non-hydrogen) atoms. The van der Waals surface area contributed by atoms with Crippen molar-refractivity contribution < 1.29 is 6.22 Å². The zero-order valence-corrected chi connectivity index (χ0v) is 9.52. The number of aromatic amines is 1. The van der Waals surface area contributed by atoms with Gasteiger partial charge in [0.1, 0.15) is 0 Å². The van der Waals surface area contributed by atoms with Crippen LogP contribution in [0.4, 0.5) is 0 Å². The predicted octanol–water partition coefficient (Wildman–Crippen LogP) is 2.64. The minimum atomic E-state index is 0. The van der Waals surface area contributed by atoms with E-state index in [1.165, 1.54) is 5.56 Å². The number of carbonyl (C=O) groups excluding carboxylic acids is 1. The molecule has 1 heterocycles. The Morgan fingerprint density at radius 3 is 3.12 bits per heavy atom. The Balaban J connectivity index is 0.00000120. The van der Waals surface area contributed by atoms with Crippen molar-refractivity contribution in [1.29, 1.82) is 0 Å². The van der Waals surface area contributed by atoms with Crippen molar-refractivity contribution in [2.24, 2.45) is 5.92 Å². The number of rotatable bonds is 2. The Hall–Kier alpha value is -1.90. The van der Waals surface area contributed by atoms with Crippen molar-refractivity contribution in [2.45, 2.75) is 19.3 Å². The molecule has 88 valence electrons. The molecular formula is C14H16N2O. The molecule has 1 aliphatic rings. The van der Waals surface area contributed by atoms with Gasteiger partial charge >= 0.3 is 0 Å². The first-order chi connectivity index (χ1) is 8.34. The molecule has 1 N–H and O–H groups in total. The number of H-pyrrole nitrogens is 1. The third kappa shape index (κ3) is 1.88. The van der Waals surface area contributed by atoms with Gasteiger partial charge in [-0.1, -0.05) is 24.3 Å². The Bertz CT molecular complexity index is 536. The number of hydrogen-bond acceptors (Lipinski definition) is 2. The summed E-state index contributed by atoms with van der Waals surface area (Å²) in [5, 5.41) is 0. The summed E-state index contributed by atoms with van der Waals surface area (Å²) in [6, 6.07) is 7.94. The average molecular weight is 228 g/mol. The summed E-state index contributed by atoms with van der Waals surface area (Å²) in [5.74, 6) is 0.381. The van der Waals surface area contributed by atoms with E-state index in [-0.39, 0.29) is 13.1 Å². The van der Waals surface area contributed by atoms with Crippen LogP contribution in [-0.4, -0.2) is 15.8 Å². The second-order valence-electron chi connectivity index (χ2n) is 4.54. The maximum atomic E-state index is 12.3. The van der Waals surface area contributed by atoms with Crippen molar-refractivity contribution in [1.82, 2.24) is 9.97 Å². The minimum absolute atomic E-state index is 0. The minimum Gasteiger partial charge on any atom is -0.348 e. The van der Waals surface area contributed by atoms with Gasteiger partial charge in [-0.15, -0.1) is 0 Å². The second-order valence-corrected chi connectivity index (χ2v) is 4.54. The molecule has 0 bridgehead atoms. The van der Waals surface area contributed by atoms with E-state index in [4.69, 9.17) is 0 Å². The number of aryl methyl sites for hydroxylation is 1. The first-order valence-electron chi connectivity index (χ1n) is 5.94. The van der Waals surface area contributed by atoms with Crippen LogP contribution in [0.5, 0.6) is 0 Å². The van der Waals surface area contributed by atoms with Crippen LogP contribution in [-0.2, 0) is 12.8 Å². The van der Waals surface area contributed by atoms with Crippen molar-refractivity contribution in [3.63, 3.8) is 0 Å². The van der Waals surface area contributed by atoms with Gasteiger partial charge in [0.25, 0.3) is 0 Å². The molecule has 0 saturated carbocycles. The Morgan fingerprint density at radius 1 is 1.41 bits per heavy atom. The lowest BCUT2D eigenvalue weighted by molar-refractivity contribution is 0.0900. The first kappa shape index (κ1) is 10.3. The normalized spacial score (nSPS) is 19.1. The highest BCUT2D eigenvalue weighted by molar-refractivity contribution is 6.00. The zero-order chi connectivity index (χ0) is 11.7. The van der Waals surface area contributed by atoms with E-state index in [2.05, 4.69) is 16.0 Å². The highest BCUT2D eigenvalue weighted by Crippen LogP contribution is 2.27. The third-order valence-corrected chi connectivity index (χ3v) is 3.44. The Kier molecular flexibility index (Phi) is 2.52. The number of ketones is 1. The van der Waals surface area contributed by atoms with Crippen molar-refractivity contribution in [2.75, 3.05) is 0 Å². The van der Waals surface area contributed by atoms with E-state index in [1.807, 2.05) is 18.2 Å². The van der Waals surface area contributed by atoms with Gasteiger partial charge in [0.15, 0.2) is 5.78 Å². The number of hydrogen-bond donors (Lipinski definition) is 1. The van der Waals surface area contributed by atoms with Gasteiger partial charge in [-0.25, -0.2) is 4.98 Å². The average Bonchev–Trinajstić information content (AvgIpc) is 2.86. The van der Waals surface area contributed by atoms with Crippen LogP contribution in [0.3, 0.4) is 0 Å². The summed E-state index contributed by atoms with van der Waals surface area (Å²) in [7, 11) is 0. The molecule has 0 spiro atoms. The molecular weight excluding hydrogens is 212 g/mol. The highest BCUT2D eigenvalue weighted by atomic mass is 16.1. The number of benzene rings is 1. The molecule has 1 unspecified atom stereocenters. The lowest BCUT2D eigenvalue weighted by Gasteiger charge is -2.22. The summed E-state index contributed by atoms with van der Waals surface area (Å²) in [5.41, 5.74) is 3.14. The van der Waals surface area contributed by atoms with Crippen LogP contribution in [0, 0.1) is 5.92 Å². The number of fused-ring (bicyclic) bond motifs is 1. The van der Waals surface area contributed by atoms with Gasteiger partial charge in [0, 0.05) is 24.8 Å². The topological polar surface area (TPSA) is 45.8 Å². The number of nitrogens with one attached hydrogen (secondary N) is 1. The van der Waals surface area contributed by atoms with Crippen LogP contribution in [0.25, 0.3) is 0 Å². The van der Waals surface area contributed by atoms with Crippen LogP contribution < -0.4 is 0 Å². The Labute approximate surface area is 101 Å². The fourth-order valence-electron chi connectivity index (χ4n) is 2.52. The smallest absolute Gasteiger partial charge is 0.166 e. The third-order valence-electron chi connectivity index (χ3n) is 3.44. The van der Waals surface area contributed by atoms with E-state index >= 15 is 0 Å². The summed E-state index contributed by atoms with van der Waals surface area (Å²) >= 11 is 0. The van der Waals surface area contributed by atoms with E-state index in [9.17, 15) is 4.79 Å². The first-order valence-corrected chi connectivity index (χ1v) is 5.94. The predicted molar refractivity (Wildman–Crippen MR) is 67.0 cm³/mol. The molecule has 0 fully saturated rings. The van der Waals surface area contributed by atoms with Gasteiger partial charge in [-0.2, -0.15) is 0 Å². The maximum Gasteiger partial charge on any atom is 0.166 e. The second kappa shape index (κ2) is 4.17. The van der Waals surface area contributed by atoms with Crippen molar-refractivity contribution in [3.05, 3.63) is 53.6 Å². The van der Waals surface area contributed by atoms with Gasteiger partial charge in [0.2, 0.25) is 0 Å². The molecule has 2 aromatic rings. The van der Waals surface area contributed by atoms with Crippen LogP contribution in [0.1, 0.15) is 29.5 Å². The molecule has 0 radical (unpaired) electrons. The lowest BCUT2D eigenvalue weighted by atomic mass is 9.81. The monoisotopic (exact) mass is 228 g/mol. The van der Waals surface area contributed by atoms with E-state index in [0.717, 1.165) is 30.5 Å². The number of carbonyl (C=O) groups is 1. The van der Waals surface area contributed by atoms with Crippen LogP contribution in [0.15, 0.2) is 36.8 Å². The lowest BCUT2D eigenvalue weighted by Crippen LogP contribution is -2.24.